The van der Waals surface area contributed by atoms with E-state index in [1.165, 1.54) is 6.42 Å². The number of amides is 2. The van der Waals surface area contributed by atoms with Gasteiger partial charge in [-0.15, -0.1) is 11.3 Å². The van der Waals surface area contributed by atoms with Crippen LogP contribution >= 0.6 is 11.3 Å². The minimum atomic E-state index is -0.0249. The number of aryl methyl sites for hydroxylation is 1. The Morgan fingerprint density at radius 2 is 2.25 bits per heavy atom. The van der Waals surface area contributed by atoms with Gasteiger partial charge in [-0.3, -0.25) is 0 Å². The molecule has 2 aromatic heterocycles. The fourth-order valence-electron chi connectivity index (χ4n) is 3.05. The van der Waals surface area contributed by atoms with Crippen molar-refractivity contribution < 1.29 is 9.21 Å². The van der Waals surface area contributed by atoms with Crippen molar-refractivity contribution in [3.8, 4) is 0 Å². The number of carbonyl (C=O) groups is 1. The molecule has 0 saturated heterocycles. The van der Waals surface area contributed by atoms with Gasteiger partial charge in [0.2, 0.25) is 0 Å². The smallest absolute Gasteiger partial charge is 0.318 e. The summed E-state index contributed by atoms with van der Waals surface area (Å²) in [5.41, 5.74) is 1.00. The molecule has 6 heteroatoms. The topological polar surface area (TPSA) is 58.4 Å². The Balaban J connectivity index is 1.36. The average molecular weight is 345 g/mol. The van der Waals surface area contributed by atoms with Crippen LogP contribution in [0.4, 0.5) is 4.79 Å². The van der Waals surface area contributed by atoms with E-state index in [2.05, 4.69) is 23.3 Å². The number of hydrogen-bond donors (Lipinski definition) is 1. The van der Waals surface area contributed by atoms with Gasteiger partial charge in [-0.25, -0.2) is 9.78 Å². The van der Waals surface area contributed by atoms with Gasteiger partial charge in [0.05, 0.1) is 13.1 Å². The van der Waals surface area contributed by atoms with Crippen LogP contribution in [0, 0.1) is 12.8 Å². The van der Waals surface area contributed by atoms with Crippen LogP contribution in [0.3, 0.4) is 0 Å². The van der Waals surface area contributed by atoms with Crippen molar-refractivity contribution in [2.24, 2.45) is 5.92 Å². The second-order valence-corrected chi connectivity index (χ2v) is 7.97. The van der Waals surface area contributed by atoms with Crippen LogP contribution < -0.4 is 5.32 Å². The summed E-state index contributed by atoms with van der Waals surface area (Å²) in [6, 6.07) is 4.41. The summed E-state index contributed by atoms with van der Waals surface area (Å²) in [7, 11) is 0. The number of rotatable bonds is 6. The minimum Gasteiger partial charge on any atom is -0.464 e. The van der Waals surface area contributed by atoms with E-state index in [0.29, 0.717) is 25.0 Å². The fraction of sp³-hybridized carbons (Fsp3) is 0.556. The molecule has 2 heterocycles. The molecule has 0 radical (unpaired) electrons. The number of thiazole rings is 1. The largest absolute Gasteiger partial charge is 0.464 e. The third kappa shape index (κ3) is 3.48. The van der Waals surface area contributed by atoms with Crippen LogP contribution in [-0.4, -0.2) is 22.0 Å². The molecule has 24 heavy (non-hydrogen) atoms. The zero-order chi connectivity index (χ0) is 16.7. The molecule has 0 aromatic carbocycles. The van der Waals surface area contributed by atoms with Crippen molar-refractivity contribution >= 4 is 17.4 Å². The quantitative estimate of drug-likeness (QED) is 0.859. The van der Waals surface area contributed by atoms with Gasteiger partial charge in [-0.2, -0.15) is 0 Å². The number of nitrogens with zero attached hydrogens (tertiary/aromatic N) is 2. The fourth-order valence-corrected chi connectivity index (χ4v) is 3.77. The van der Waals surface area contributed by atoms with E-state index in [4.69, 9.17) is 4.42 Å². The van der Waals surface area contributed by atoms with E-state index in [-0.39, 0.29) is 6.03 Å². The summed E-state index contributed by atoms with van der Waals surface area (Å²) in [4.78, 5) is 18.9. The molecule has 2 amide bonds. The van der Waals surface area contributed by atoms with Crippen molar-refractivity contribution in [1.29, 1.82) is 0 Å². The molecule has 128 valence electrons. The van der Waals surface area contributed by atoms with Gasteiger partial charge in [-0.05, 0) is 44.2 Å². The van der Waals surface area contributed by atoms with Crippen molar-refractivity contribution in [1.82, 2.24) is 15.2 Å². The first-order valence-electron chi connectivity index (χ1n) is 8.64. The minimum absolute atomic E-state index is 0.0249. The molecular weight excluding hydrogens is 322 g/mol. The Labute approximate surface area is 146 Å². The molecule has 0 unspecified atom stereocenters. The van der Waals surface area contributed by atoms with Crippen LogP contribution in [0.25, 0.3) is 0 Å². The molecule has 2 saturated carbocycles. The van der Waals surface area contributed by atoms with Crippen molar-refractivity contribution in [2.45, 2.75) is 58.2 Å². The predicted octanol–water partition coefficient (Wildman–Crippen LogP) is 4.04. The van der Waals surface area contributed by atoms with Gasteiger partial charge in [0, 0.05) is 23.0 Å². The first-order valence-corrected chi connectivity index (χ1v) is 9.52. The Hall–Kier alpha value is -1.82. The third-order valence-corrected chi connectivity index (χ3v) is 5.76. The van der Waals surface area contributed by atoms with Crippen LogP contribution in [-0.2, 0) is 13.1 Å². The van der Waals surface area contributed by atoms with E-state index < -0.39 is 0 Å². The second-order valence-electron chi connectivity index (χ2n) is 7.02. The molecule has 5 nitrogen and oxygen atoms in total. The molecule has 4 rings (SSSR count). The Morgan fingerprint density at radius 3 is 2.88 bits per heavy atom. The number of furan rings is 1. The van der Waals surface area contributed by atoms with E-state index >= 15 is 0 Å². The molecule has 2 aromatic rings. The highest BCUT2D eigenvalue weighted by Crippen LogP contribution is 2.47. The van der Waals surface area contributed by atoms with Crippen molar-refractivity contribution in [2.75, 3.05) is 0 Å². The van der Waals surface area contributed by atoms with Gasteiger partial charge in [0.15, 0.2) is 0 Å². The highest BCUT2D eigenvalue weighted by atomic mass is 32.1. The van der Waals surface area contributed by atoms with Crippen molar-refractivity contribution in [3.05, 3.63) is 39.7 Å². The molecule has 0 spiro atoms. The van der Waals surface area contributed by atoms with Crippen LogP contribution in [0.15, 0.2) is 21.9 Å². The van der Waals surface area contributed by atoms with E-state index in [1.54, 1.807) is 11.3 Å². The maximum atomic E-state index is 12.6. The van der Waals surface area contributed by atoms with Crippen LogP contribution in [0.5, 0.6) is 0 Å². The summed E-state index contributed by atoms with van der Waals surface area (Å²) < 4.78 is 5.97. The lowest BCUT2D eigenvalue weighted by atomic mass is 10.3. The molecule has 0 bridgehead atoms. The normalized spacial score (nSPS) is 22.4. The maximum absolute atomic E-state index is 12.6. The number of carbonyl (C=O) groups excluding carboxylic acids is 1. The zero-order valence-electron chi connectivity index (χ0n) is 14.1. The lowest BCUT2D eigenvalue weighted by Crippen LogP contribution is -2.40. The number of aromatic nitrogens is 1. The summed E-state index contributed by atoms with van der Waals surface area (Å²) >= 11 is 1.58. The number of nitrogens with one attached hydrogen (secondary N) is 1. The molecular formula is C18H23N3O2S. The zero-order valence-corrected chi connectivity index (χ0v) is 14.9. The van der Waals surface area contributed by atoms with E-state index in [1.807, 2.05) is 23.3 Å². The van der Waals surface area contributed by atoms with E-state index in [0.717, 1.165) is 41.0 Å². The lowest BCUT2D eigenvalue weighted by molar-refractivity contribution is 0.186. The van der Waals surface area contributed by atoms with Gasteiger partial charge in [0.1, 0.15) is 16.5 Å². The Morgan fingerprint density at radius 1 is 1.46 bits per heavy atom. The molecule has 2 aliphatic rings. The molecule has 2 aliphatic carbocycles. The molecule has 2 fully saturated rings. The SMILES string of the molecule is Cc1csc(CNC(=O)N(Cc2ccc([C@H]3C[C@H]3C)o2)C2CC2)n1. The summed E-state index contributed by atoms with van der Waals surface area (Å²) in [6.45, 7) is 5.25. The summed E-state index contributed by atoms with van der Waals surface area (Å²) in [6.07, 6.45) is 3.38. The second kappa shape index (κ2) is 6.24. The first kappa shape index (κ1) is 15.7. The highest BCUT2D eigenvalue weighted by molar-refractivity contribution is 7.09. The molecule has 1 N–H and O–H groups in total. The van der Waals surface area contributed by atoms with Gasteiger partial charge in [0.25, 0.3) is 0 Å². The Kier molecular flexibility index (Phi) is 4.08. The van der Waals surface area contributed by atoms with E-state index in [9.17, 15) is 4.79 Å². The van der Waals surface area contributed by atoms with Gasteiger partial charge < -0.3 is 14.6 Å². The van der Waals surface area contributed by atoms with Gasteiger partial charge in [-0.1, -0.05) is 6.92 Å². The van der Waals surface area contributed by atoms with Crippen LogP contribution in [0.2, 0.25) is 0 Å². The Bertz CT molecular complexity index is 734. The number of urea groups is 1. The first-order chi connectivity index (χ1) is 11.6. The van der Waals surface area contributed by atoms with Gasteiger partial charge >= 0.3 is 6.03 Å². The third-order valence-electron chi connectivity index (χ3n) is 4.79. The predicted molar refractivity (Wildman–Crippen MR) is 92.9 cm³/mol. The standard InChI is InChI=1S/C18H23N3O2S/c1-11-7-15(11)16-6-5-14(23-16)9-21(13-3-4-13)18(22)19-8-17-20-12(2)10-24-17/h5-6,10-11,13,15H,3-4,7-9H2,1-2H3,(H,19,22)/t11-,15+/m1/s1. The summed E-state index contributed by atoms with van der Waals surface area (Å²) in [5.74, 6) is 3.27. The average Bonchev–Trinajstić information content (AvgIpc) is 3.44. The monoisotopic (exact) mass is 345 g/mol. The van der Waals surface area contributed by atoms with Crippen LogP contribution in [0.1, 0.15) is 54.3 Å². The lowest BCUT2D eigenvalue weighted by Gasteiger charge is -2.21. The summed E-state index contributed by atoms with van der Waals surface area (Å²) in [5, 5.41) is 5.94. The molecule has 0 aliphatic heterocycles. The number of hydrogen-bond acceptors (Lipinski definition) is 4. The maximum Gasteiger partial charge on any atom is 0.318 e. The molecule has 2 atom stereocenters. The van der Waals surface area contributed by atoms with Crippen molar-refractivity contribution in [3.63, 3.8) is 0 Å². The highest BCUT2D eigenvalue weighted by Gasteiger charge is 2.37.